The summed E-state index contributed by atoms with van der Waals surface area (Å²) in [5.41, 5.74) is 7.22. The fraction of sp³-hybridized carbons (Fsp3) is 0.375. The second-order valence-corrected chi connectivity index (χ2v) is 7.79. The minimum absolute atomic E-state index is 0.165. The van der Waals surface area contributed by atoms with Crippen LogP contribution in [0.1, 0.15) is 48.7 Å². The van der Waals surface area contributed by atoms with Gasteiger partial charge in [0, 0.05) is 5.56 Å². The topological polar surface area (TPSA) is 96.5 Å². The van der Waals surface area contributed by atoms with Gasteiger partial charge in [0.25, 0.3) is 17.7 Å². The van der Waals surface area contributed by atoms with E-state index in [4.69, 9.17) is 4.74 Å². The number of ether oxygens (including phenoxy) is 1. The van der Waals surface area contributed by atoms with Gasteiger partial charge in [-0.1, -0.05) is 51.1 Å². The quantitative estimate of drug-likeness (QED) is 0.538. The lowest BCUT2D eigenvalue weighted by Crippen LogP contribution is -2.53. The molecule has 0 bridgehead atoms. The molecule has 0 radical (unpaired) electrons. The highest BCUT2D eigenvalue weighted by atomic mass is 16.5. The molecule has 3 amide bonds. The molecule has 0 aliphatic rings. The summed E-state index contributed by atoms with van der Waals surface area (Å²) < 4.78 is 5.43. The SMILES string of the molecule is CCc1ccc(OCC(=O)NNC(=O)[C@@H](CC(C)C)NC(=O)c2ccccc2C)cc1. The number of nitrogens with one attached hydrogen (secondary N) is 3. The molecule has 0 spiro atoms. The Morgan fingerprint density at radius 3 is 2.26 bits per heavy atom. The average Bonchev–Trinajstić information content (AvgIpc) is 2.75. The molecule has 0 aromatic heterocycles. The molecule has 7 heteroatoms. The molecule has 0 aliphatic carbocycles. The third-order valence-electron chi connectivity index (χ3n) is 4.75. The number of aryl methyl sites for hydroxylation is 2. The maximum Gasteiger partial charge on any atom is 0.276 e. The Labute approximate surface area is 183 Å². The molecular formula is C24H31N3O4. The van der Waals surface area contributed by atoms with Crippen LogP contribution in [0.2, 0.25) is 0 Å². The van der Waals surface area contributed by atoms with E-state index in [2.05, 4.69) is 23.1 Å². The second kappa shape index (κ2) is 11.7. The molecule has 2 aromatic rings. The molecule has 0 fully saturated rings. The Balaban J connectivity index is 1.88. The Bertz CT molecular complexity index is 894. The van der Waals surface area contributed by atoms with E-state index < -0.39 is 17.9 Å². The first kappa shape index (κ1) is 23.9. The first-order valence-electron chi connectivity index (χ1n) is 10.5. The Hall–Kier alpha value is -3.35. The monoisotopic (exact) mass is 425 g/mol. The van der Waals surface area contributed by atoms with Crippen LogP contribution in [-0.4, -0.2) is 30.4 Å². The molecule has 0 heterocycles. The van der Waals surface area contributed by atoms with Crippen LogP contribution in [0, 0.1) is 12.8 Å². The van der Waals surface area contributed by atoms with Crippen molar-refractivity contribution in [1.82, 2.24) is 16.2 Å². The number of hydrazine groups is 1. The second-order valence-electron chi connectivity index (χ2n) is 7.79. The van der Waals surface area contributed by atoms with Gasteiger partial charge in [-0.25, -0.2) is 0 Å². The molecular weight excluding hydrogens is 394 g/mol. The van der Waals surface area contributed by atoms with Crippen LogP contribution in [0.15, 0.2) is 48.5 Å². The average molecular weight is 426 g/mol. The van der Waals surface area contributed by atoms with Gasteiger partial charge in [-0.15, -0.1) is 0 Å². The van der Waals surface area contributed by atoms with Crippen molar-refractivity contribution >= 4 is 17.7 Å². The van der Waals surface area contributed by atoms with Crippen molar-refractivity contribution in [1.29, 1.82) is 0 Å². The van der Waals surface area contributed by atoms with E-state index in [1.165, 1.54) is 5.56 Å². The van der Waals surface area contributed by atoms with Gasteiger partial charge in [-0.2, -0.15) is 0 Å². The van der Waals surface area contributed by atoms with Gasteiger partial charge in [-0.3, -0.25) is 25.2 Å². The Kier molecular flexibility index (Phi) is 9.06. The van der Waals surface area contributed by atoms with Crippen LogP contribution in [-0.2, 0) is 16.0 Å². The van der Waals surface area contributed by atoms with E-state index in [0.29, 0.717) is 17.7 Å². The Morgan fingerprint density at radius 2 is 1.65 bits per heavy atom. The summed E-state index contributed by atoms with van der Waals surface area (Å²) in [5.74, 6) is -0.582. The predicted molar refractivity (Wildman–Crippen MR) is 119 cm³/mol. The number of carbonyl (C=O) groups is 3. The summed E-state index contributed by atoms with van der Waals surface area (Å²) in [5, 5.41) is 2.76. The Morgan fingerprint density at radius 1 is 0.968 bits per heavy atom. The van der Waals surface area contributed by atoms with Crippen molar-refractivity contribution in [3.8, 4) is 5.75 Å². The summed E-state index contributed by atoms with van der Waals surface area (Å²) in [6.07, 6.45) is 1.35. The molecule has 7 nitrogen and oxygen atoms in total. The standard InChI is InChI=1S/C24H31N3O4/c1-5-18-10-12-19(13-11-18)31-15-22(28)26-27-24(30)21(14-16(2)3)25-23(29)20-9-7-6-8-17(20)4/h6-13,16,21H,5,14-15H2,1-4H3,(H,25,29)(H,26,28)(H,27,30)/t21-/m1/s1. The summed E-state index contributed by atoms with van der Waals surface area (Å²) in [6.45, 7) is 7.56. The van der Waals surface area contributed by atoms with Crippen molar-refractivity contribution in [2.24, 2.45) is 5.92 Å². The van der Waals surface area contributed by atoms with Crippen LogP contribution in [0.5, 0.6) is 5.75 Å². The third kappa shape index (κ3) is 7.77. The predicted octanol–water partition coefficient (Wildman–Crippen LogP) is 2.93. The minimum Gasteiger partial charge on any atom is -0.484 e. The van der Waals surface area contributed by atoms with E-state index in [9.17, 15) is 14.4 Å². The third-order valence-corrected chi connectivity index (χ3v) is 4.75. The number of carbonyl (C=O) groups excluding carboxylic acids is 3. The smallest absolute Gasteiger partial charge is 0.276 e. The molecule has 3 N–H and O–H groups in total. The van der Waals surface area contributed by atoms with Gasteiger partial charge < -0.3 is 10.1 Å². The van der Waals surface area contributed by atoms with Crippen LogP contribution in [0.3, 0.4) is 0 Å². The van der Waals surface area contributed by atoms with Crippen LogP contribution >= 0.6 is 0 Å². The zero-order valence-electron chi connectivity index (χ0n) is 18.5. The number of hydrogen-bond acceptors (Lipinski definition) is 4. The van der Waals surface area contributed by atoms with Gasteiger partial charge in [-0.05, 0) is 55.0 Å². The lowest BCUT2D eigenvalue weighted by Gasteiger charge is -2.21. The van der Waals surface area contributed by atoms with E-state index in [1.54, 1.807) is 24.3 Å². The van der Waals surface area contributed by atoms with Crippen molar-refractivity contribution in [3.63, 3.8) is 0 Å². The largest absolute Gasteiger partial charge is 0.484 e. The van der Waals surface area contributed by atoms with E-state index in [0.717, 1.165) is 12.0 Å². The van der Waals surface area contributed by atoms with E-state index in [1.807, 2.05) is 45.0 Å². The summed E-state index contributed by atoms with van der Waals surface area (Å²) in [4.78, 5) is 37.2. The zero-order valence-corrected chi connectivity index (χ0v) is 18.5. The van der Waals surface area contributed by atoms with Crippen LogP contribution < -0.4 is 20.9 Å². The van der Waals surface area contributed by atoms with Gasteiger partial charge >= 0.3 is 0 Å². The lowest BCUT2D eigenvalue weighted by atomic mass is 10.0. The van der Waals surface area contributed by atoms with Gasteiger partial charge in [0.2, 0.25) is 0 Å². The van der Waals surface area contributed by atoms with Crippen molar-refractivity contribution < 1.29 is 19.1 Å². The lowest BCUT2D eigenvalue weighted by molar-refractivity contribution is -0.131. The molecule has 0 unspecified atom stereocenters. The first-order valence-corrected chi connectivity index (χ1v) is 10.5. The van der Waals surface area contributed by atoms with Gasteiger partial charge in [0.05, 0.1) is 0 Å². The van der Waals surface area contributed by atoms with Crippen molar-refractivity contribution in [2.75, 3.05) is 6.61 Å². The molecule has 2 rings (SSSR count). The van der Waals surface area contributed by atoms with E-state index >= 15 is 0 Å². The van der Waals surface area contributed by atoms with Crippen LogP contribution in [0.25, 0.3) is 0 Å². The van der Waals surface area contributed by atoms with Crippen molar-refractivity contribution in [2.45, 2.75) is 46.6 Å². The van der Waals surface area contributed by atoms with E-state index in [-0.39, 0.29) is 18.4 Å². The fourth-order valence-corrected chi connectivity index (χ4v) is 2.99. The molecule has 2 aromatic carbocycles. The highest BCUT2D eigenvalue weighted by Crippen LogP contribution is 2.12. The number of hydrogen-bond donors (Lipinski definition) is 3. The summed E-state index contributed by atoms with van der Waals surface area (Å²) in [7, 11) is 0. The molecule has 0 saturated carbocycles. The maximum absolute atomic E-state index is 12.6. The zero-order chi connectivity index (χ0) is 22.8. The number of rotatable bonds is 9. The van der Waals surface area contributed by atoms with Crippen molar-refractivity contribution in [3.05, 3.63) is 65.2 Å². The molecule has 166 valence electrons. The normalized spacial score (nSPS) is 11.5. The molecule has 1 atom stereocenters. The maximum atomic E-state index is 12.6. The highest BCUT2D eigenvalue weighted by molar-refractivity contribution is 5.98. The van der Waals surface area contributed by atoms with Gasteiger partial charge in [0.15, 0.2) is 6.61 Å². The van der Waals surface area contributed by atoms with Gasteiger partial charge in [0.1, 0.15) is 11.8 Å². The summed E-state index contributed by atoms with van der Waals surface area (Å²) in [6, 6.07) is 13.8. The number of benzene rings is 2. The van der Waals surface area contributed by atoms with Crippen LogP contribution in [0.4, 0.5) is 0 Å². The first-order chi connectivity index (χ1) is 14.8. The molecule has 0 aliphatic heterocycles. The minimum atomic E-state index is -0.782. The highest BCUT2D eigenvalue weighted by Gasteiger charge is 2.23. The summed E-state index contributed by atoms with van der Waals surface area (Å²) >= 11 is 0. The molecule has 0 saturated heterocycles. The fourth-order valence-electron chi connectivity index (χ4n) is 2.99. The number of amides is 3. The molecule has 31 heavy (non-hydrogen) atoms.